The summed E-state index contributed by atoms with van der Waals surface area (Å²) >= 11 is 1.26. The van der Waals surface area contributed by atoms with Gasteiger partial charge < -0.3 is 5.32 Å². The van der Waals surface area contributed by atoms with Gasteiger partial charge in [-0.2, -0.15) is 0 Å². The van der Waals surface area contributed by atoms with Gasteiger partial charge in [0.15, 0.2) is 16.8 Å². The summed E-state index contributed by atoms with van der Waals surface area (Å²) in [7, 11) is -4.01. The molecule has 2 aromatic rings. The van der Waals surface area contributed by atoms with E-state index in [4.69, 9.17) is 0 Å². The summed E-state index contributed by atoms with van der Waals surface area (Å²) in [4.78, 5) is 15.3. The van der Waals surface area contributed by atoms with Crippen LogP contribution in [0, 0.1) is 18.6 Å². The lowest BCUT2D eigenvalue weighted by molar-refractivity contribution is -0.116. The summed E-state index contributed by atoms with van der Waals surface area (Å²) in [6.45, 7) is 1.60. The molecule has 0 bridgehead atoms. The molecule has 10 heteroatoms. The van der Waals surface area contributed by atoms with E-state index < -0.39 is 32.5 Å². The van der Waals surface area contributed by atoms with Crippen LogP contribution in [0.25, 0.3) is 0 Å². The van der Waals surface area contributed by atoms with Crippen molar-refractivity contribution in [2.75, 3.05) is 11.9 Å². The Morgan fingerprint density at radius 1 is 1.30 bits per heavy atom. The van der Waals surface area contributed by atoms with E-state index in [9.17, 15) is 22.0 Å². The third-order valence-corrected chi connectivity index (χ3v) is 5.05. The van der Waals surface area contributed by atoms with Crippen LogP contribution < -0.4 is 10.0 Å². The number of amides is 1. The summed E-state index contributed by atoms with van der Waals surface area (Å²) in [6, 6.07) is 2.25. The molecule has 0 radical (unpaired) electrons. The van der Waals surface area contributed by atoms with Crippen LogP contribution in [0.4, 0.5) is 13.9 Å². The highest BCUT2D eigenvalue weighted by Crippen LogP contribution is 2.15. The van der Waals surface area contributed by atoms with Crippen LogP contribution in [0.5, 0.6) is 0 Å². The summed E-state index contributed by atoms with van der Waals surface area (Å²) in [5.41, 5.74) is 0.768. The van der Waals surface area contributed by atoms with Crippen molar-refractivity contribution in [2.45, 2.75) is 18.2 Å². The Morgan fingerprint density at radius 2 is 2.04 bits per heavy atom. The Labute approximate surface area is 135 Å². The Morgan fingerprint density at radius 3 is 2.65 bits per heavy atom. The second kappa shape index (κ2) is 7.11. The number of nitrogens with one attached hydrogen (secondary N) is 2. The molecule has 0 fully saturated rings. The molecule has 0 spiro atoms. The van der Waals surface area contributed by atoms with Gasteiger partial charge in [-0.3, -0.25) is 4.79 Å². The first-order valence-corrected chi connectivity index (χ1v) is 8.81. The molecule has 0 saturated heterocycles. The number of benzene rings is 1. The lowest BCUT2D eigenvalue weighted by Crippen LogP contribution is -2.28. The van der Waals surface area contributed by atoms with Crippen molar-refractivity contribution in [3.8, 4) is 0 Å². The smallest absolute Gasteiger partial charge is 0.240 e. The first-order valence-electron chi connectivity index (χ1n) is 6.44. The average molecular weight is 361 g/mol. The monoisotopic (exact) mass is 361 g/mol. The molecule has 6 nitrogen and oxygen atoms in total. The molecule has 0 aliphatic heterocycles. The molecular formula is C13H13F2N3O3S2. The Bertz CT molecular complexity index is 822. The van der Waals surface area contributed by atoms with Crippen LogP contribution in [0.2, 0.25) is 0 Å². The molecule has 0 saturated carbocycles. The summed E-state index contributed by atoms with van der Waals surface area (Å²) in [5.74, 6) is -2.81. The number of sulfonamides is 1. The number of hydrogen-bond donors (Lipinski definition) is 2. The summed E-state index contributed by atoms with van der Waals surface area (Å²) in [5, 5.41) is 4.72. The number of aromatic nitrogens is 1. The molecule has 0 unspecified atom stereocenters. The molecule has 124 valence electrons. The number of nitrogens with zero attached hydrogens (tertiary/aromatic N) is 1. The number of carbonyl (C=O) groups is 1. The highest BCUT2D eigenvalue weighted by molar-refractivity contribution is 7.89. The van der Waals surface area contributed by atoms with Crippen molar-refractivity contribution >= 4 is 32.4 Å². The van der Waals surface area contributed by atoms with Crippen molar-refractivity contribution in [2.24, 2.45) is 0 Å². The quantitative estimate of drug-likeness (QED) is 0.824. The van der Waals surface area contributed by atoms with E-state index in [1.807, 2.05) is 0 Å². The van der Waals surface area contributed by atoms with Crippen molar-refractivity contribution in [3.63, 3.8) is 0 Å². The lowest BCUT2D eigenvalue weighted by atomic mass is 10.3. The van der Waals surface area contributed by atoms with E-state index in [0.717, 1.165) is 17.8 Å². The van der Waals surface area contributed by atoms with Gasteiger partial charge in [0, 0.05) is 18.3 Å². The van der Waals surface area contributed by atoms with E-state index >= 15 is 0 Å². The van der Waals surface area contributed by atoms with Crippen LogP contribution in [0.3, 0.4) is 0 Å². The molecule has 1 aromatic carbocycles. The van der Waals surface area contributed by atoms with Crippen molar-refractivity contribution in [1.29, 1.82) is 0 Å². The number of hydrogen-bond acceptors (Lipinski definition) is 5. The minimum absolute atomic E-state index is 0.123. The molecule has 1 amide bonds. The molecule has 0 atom stereocenters. The Hall–Kier alpha value is -1.91. The van der Waals surface area contributed by atoms with Gasteiger partial charge in [0.2, 0.25) is 15.9 Å². The van der Waals surface area contributed by atoms with E-state index in [-0.39, 0.29) is 13.0 Å². The summed E-state index contributed by atoms with van der Waals surface area (Å²) < 4.78 is 51.8. The largest absolute Gasteiger partial charge is 0.302 e. The minimum Gasteiger partial charge on any atom is -0.302 e. The maximum atomic E-state index is 13.1. The molecule has 0 aliphatic carbocycles. The highest BCUT2D eigenvalue weighted by atomic mass is 32.2. The molecule has 23 heavy (non-hydrogen) atoms. The van der Waals surface area contributed by atoms with Crippen LogP contribution in [0.15, 0.2) is 28.5 Å². The number of carbonyl (C=O) groups excluding carboxylic acids is 1. The first-order chi connectivity index (χ1) is 10.8. The van der Waals surface area contributed by atoms with E-state index in [2.05, 4.69) is 15.0 Å². The number of thiazole rings is 1. The summed E-state index contributed by atoms with van der Waals surface area (Å²) in [6.07, 6.45) is -0.123. The SMILES string of the molecule is Cc1csc(NC(=O)CCNS(=O)(=O)c2ccc(F)c(F)c2)n1. The standard InChI is InChI=1S/C13H13F2N3O3S2/c1-8-7-22-13(17-8)18-12(19)4-5-16-23(20,21)9-2-3-10(14)11(15)6-9/h2-3,6-7,16H,4-5H2,1H3,(H,17,18,19). The van der Waals surface area contributed by atoms with Crippen molar-refractivity contribution < 1.29 is 22.0 Å². The van der Waals surface area contributed by atoms with Gasteiger partial charge in [0.1, 0.15) is 0 Å². The maximum absolute atomic E-state index is 13.1. The zero-order valence-electron chi connectivity index (χ0n) is 12.0. The van der Waals surface area contributed by atoms with Gasteiger partial charge in [0.25, 0.3) is 0 Å². The van der Waals surface area contributed by atoms with E-state index in [1.54, 1.807) is 12.3 Å². The third-order valence-electron chi connectivity index (χ3n) is 2.71. The van der Waals surface area contributed by atoms with Gasteiger partial charge in [-0.15, -0.1) is 11.3 Å². The first kappa shape index (κ1) is 17.4. The predicted octanol–water partition coefficient (Wildman–Crippen LogP) is 2.04. The van der Waals surface area contributed by atoms with E-state index in [0.29, 0.717) is 11.2 Å². The lowest BCUT2D eigenvalue weighted by Gasteiger charge is -2.07. The maximum Gasteiger partial charge on any atom is 0.240 e. The second-order valence-corrected chi connectivity index (χ2v) is 7.19. The third kappa shape index (κ3) is 4.78. The topological polar surface area (TPSA) is 88.2 Å². The van der Waals surface area contributed by atoms with Gasteiger partial charge in [-0.1, -0.05) is 0 Å². The zero-order chi connectivity index (χ0) is 17.0. The molecule has 1 heterocycles. The number of halogens is 2. The Kier molecular flexibility index (Phi) is 5.39. The van der Waals surface area contributed by atoms with Gasteiger partial charge in [-0.05, 0) is 25.1 Å². The fraction of sp³-hybridized carbons (Fsp3) is 0.231. The predicted molar refractivity (Wildman–Crippen MR) is 81.6 cm³/mol. The van der Waals surface area contributed by atoms with Crippen LogP contribution >= 0.6 is 11.3 Å². The molecule has 2 rings (SSSR count). The van der Waals surface area contributed by atoms with Crippen molar-refractivity contribution in [3.05, 3.63) is 40.9 Å². The number of rotatable bonds is 6. The van der Waals surface area contributed by atoms with Crippen LogP contribution in [-0.2, 0) is 14.8 Å². The van der Waals surface area contributed by atoms with Crippen LogP contribution in [0.1, 0.15) is 12.1 Å². The minimum atomic E-state index is -4.01. The molecule has 0 aliphatic rings. The van der Waals surface area contributed by atoms with Crippen LogP contribution in [-0.4, -0.2) is 25.9 Å². The van der Waals surface area contributed by atoms with Crippen molar-refractivity contribution in [1.82, 2.24) is 9.71 Å². The van der Waals surface area contributed by atoms with Gasteiger partial charge in [0.05, 0.1) is 10.6 Å². The molecular weight excluding hydrogens is 348 g/mol. The Balaban J connectivity index is 1.89. The average Bonchev–Trinajstić information content (AvgIpc) is 2.86. The molecule has 2 N–H and O–H groups in total. The normalized spacial score (nSPS) is 11.4. The zero-order valence-corrected chi connectivity index (χ0v) is 13.6. The highest BCUT2D eigenvalue weighted by Gasteiger charge is 2.16. The van der Waals surface area contributed by atoms with Gasteiger partial charge >= 0.3 is 0 Å². The number of anilines is 1. The van der Waals surface area contributed by atoms with Gasteiger partial charge in [-0.25, -0.2) is 26.9 Å². The van der Waals surface area contributed by atoms with E-state index in [1.165, 1.54) is 11.3 Å². The fourth-order valence-electron chi connectivity index (χ4n) is 1.62. The number of aryl methyl sites for hydroxylation is 1. The molecule has 1 aromatic heterocycles. The fourth-order valence-corrected chi connectivity index (χ4v) is 3.37. The second-order valence-electron chi connectivity index (χ2n) is 4.57.